The summed E-state index contributed by atoms with van der Waals surface area (Å²) in [5.74, 6) is 0.485. The number of aromatic nitrogens is 1. The van der Waals surface area contributed by atoms with Crippen molar-refractivity contribution in [1.29, 1.82) is 0 Å². The Bertz CT molecular complexity index is 483. The van der Waals surface area contributed by atoms with Crippen molar-refractivity contribution in [1.82, 2.24) is 9.27 Å². The van der Waals surface area contributed by atoms with E-state index in [9.17, 15) is 4.79 Å². The third-order valence-electron chi connectivity index (χ3n) is 3.73. The van der Waals surface area contributed by atoms with Gasteiger partial charge in [-0.15, -0.1) is 0 Å². The second kappa shape index (κ2) is 5.72. The number of hydrogen-bond donors (Lipinski definition) is 0. The van der Waals surface area contributed by atoms with E-state index in [1.807, 2.05) is 25.7 Å². The van der Waals surface area contributed by atoms with Gasteiger partial charge in [-0.05, 0) is 64.6 Å². The molecule has 1 aromatic heterocycles. The molecule has 1 aliphatic rings. The van der Waals surface area contributed by atoms with Crippen molar-refractivity contribution in [2.75, 3.05) is 13.1 Å². The molecule has 1 amide bonds. The SMILES string of the molecule is Cc1snc(C2CCN(C(=O)OC(C)(C)C)CC2)c1C. The van der Waals surface area contributed by atoms with Gasteiger partial charge in [0.2, 0.25) is 0 Å². The highest BCUT2D eigenvalue weighted by atomic mass is 32.1. The Kier molecular flexibility index (Phi) is 4.37. The lowest BCUT2D eigenvalue weighted by Gasteiger charge is -2.33. The van der Waals surface area contributed by atoms with Crippen LogP contribution in [0.25, 0.3) is 0 Å². The fourth-order valence-electron chi connectivity index (χ4n) is 2.48. The average Bonchev–Trinajstić information content (AvgIpc) is 2.68. The van der Waals surface area contributed by atoms with E-state index in [0.29, 0.717) is 5.92 Å². The number of hydrogen-bond acceptors (Lipinski definition) is 4. The summed E-state index contributed by atoms with van der Waals surface area (Å²) in [5.41, 5.74) is 2.14. The number of ether oxygens (including phenoxy) is 1. The monoisotopic (exact) mass is 296 g/mol. The number of likely N-dealkylation sites (tertiary alicyclic amines) is 1. The van der Waals surface area contributed by atoms with Gasteiger partial charge in [-0.3, -0.25) is 0 Å². The van der Waals surface area contributed by atoms with Crippen LogP contribution in [0.1, 0.15) is 55.7 Å². The van der Waals surface area contributed by atoms with Gasteiger partial charge >= 0.3 is 6.09 Å². The van der Waals surface area contributed by atoms with Crippen LogP contribution in [0.2, 0.25) is 0 Å². The van der Waals surface area contributed by atoms with Crippen molar-refractivity contribution in [3.63, 3.8) is 0 Å². The Hall–Kier alpha value is -1.10. The van der Waals surface area contributed by atoms with Gasteiger partial charge in [-0.1, -0.05) is 0 Å². The van der Waals surface area contributed by atoms with E-state index in [0.717, 1.165) is 25.9 Å². The molecule has 5 heteroatoms. The molecule has 0 aromatic carbocycles. The molecule has 0 spiro atoms. The van der Waals surface area contributed by atoms with E-state index in [2.05, 4.69) is 18.2 Å². The fraction of sp³-hybridized carbons (Fsp3) is 0.733. The first kappa shape index (κ1) is 15.3. The van der Waals surface area contributed by atoms with Crippen LogP contribution in [0.5, 0.6) is 0 Å². The Morgan fingerprint density at radius 1 is 1.30 bits per heavy atom. The molecule has 2 rings (SSSR count). The number of nitrogens with zero attached hydrogens (tertiary/aromatic N) is 2. The summed E-state index contributed by atoms with van der Waals surface area (Å²) in [5, 5.41) is 0. The molecule has 0 radical (unpaired) electrons. The quantitative estimate of drug-likeness (QED) is 0.790. The predicted molar refractivity (Wildman–Crippen MR) is 81.4 cm³/mol. The molecule has 2 heterocycles. The number of amides is 1. The summed E-state index contributed by atoms with van der Waals surface area (Å²) < 4.78 is 9.99. The second-order valence-electron chi connectivity index (χ2n) is 6.49. The second-order valence-corrected chi connectivity index (χ2v) is 7.47. The van der Waals surface area contributed by atoms with Crippen LogP contribution in [0.4, 0.5) is 4.79 Å². The average molecular weight is 296 g/mol. The van der Waals surface area contributed by atoms with Crippen molar-refractivity contribution in [3.05, 3.63) is 16.1 Å². The highest BCUT2D eigenvalue weighted by Gasteiger charge is 2.29. The van der Waals surface area contributed by atoms with Gasteiger partial charge in [0.25, 0.3) is 0 Å². The van der Waals surface area contributed by atoms with Crippen LogP contribution in [-0.4, -0.2) is 34.1 Å². The molecule has 1 fully saturated rings. The number of piperidine rings is 1. The molecule has 1 aromatic rings. The van der Waals surface area contributed by atoms with Gasteiger partial charge in [0.05, 0.1) is 5.69 Å². The Morgan fingerprint density at radius 2 is 1.90 bits per heavy atom. The smallest absolute Gasteiger partial charge is 0.410 e. The Morgan fingerprint density at radius 3 is 2.35 bits per heavy atom. The first-order valence-electron chi connectivity index (χ1n) is 7.18. The van der Waals surface area contributed by atoms with E-state index >= 15 is 0 Å². The molecule has 1 aliphatic heterocycles. The molecule has 0 N–H and O–H groups in total. The highest BCUT2D eigenvalue weighted by Crippen LogP contribution is 2.32. The van der Waals surface area contributed by atoms with Crippen molar-refractivity contribution in [3.8, 4) is 0 Å². The maximum absolute atomic E-state index is 12.0. The molecule has 0 aliphatic carbocycles. The summed E-state index contributed by atoms with van der Waals surface area (Å²) in [6.07, 6.45) is 1.76. The maximum atomic E-state index is 12.0. The van der Waals surface area contributed by atoms with Gasteiger partial charge in [0, 0.05) is 23.9 Å². The highest BCUT2D eigenvalue weighted by molar-refractivity contribution is 7.05. The van der Waals surface area contributed by atoms with Crippen molar-refractivity contribution < 1.29 is 9.53 Å². The molecule has 1 saturated heterocycles. The largest absolute Gasteiger partial charge is 0.444 e. The minimum atomic E-state index is -0.420. The molecule has 4 nitrogen and oxygen atoms in total. The first-order chi connectivity index (χ1) is 9.28. The van der Waals surface area contributed by atoms with Crippen LogP contribution >= 0.6 is 11.5 Å². The number of carbonyl (C=O) groups excluding carboxylic acids is 1. The fourth-order valence-corrected chi connectivity index (χ4v) is 3.24. The molecule has 0 bridgehead atoms. The van der Waals surface area contributed by atoms with E-state index in [4.69, 9.17) is 4.74 Å². The standard InChI is InChI=1S/C15H24N2O2S/c1-10-11(2)20-16-13(10)12-6-8-17(9-7-12)14(18)19-15(3,4)5/h12H,6-9H2,1-5H3. The number of aryl methyl sites for hydroxylation is 1. The van der Waals surface area contributed by atoms with E-state index < -0.39 is 5.60 Å². The molecular weight excluding hydrogens is 272 g/mol. The van der Waals surface area contributed by atoms with Gasteiger partial charge in [-0.2, -0.15) is 4.37 Å². The van der Waals surface area contributed by atoms with Crippen LogP contribution < -0.4 is 0 Å². The molecule has 20 heavy (non-hydrogen) atoms. The van der Waals surface area contributed by atoms with Gasteiger partial charge in [-0.25, -0.2) is 4.79 Å². The summed E-state index contributed by atoms with van der Waals surface area (Å²) in [6, 6.07) is 0. The summed E-state index contributed by atoms with van der Waals surface area (Å²) >= 11 is 1.58. The number of carbonyl (C=O) groups is 1. The third-order valence-corrected chi connectivity index (χ3v) is 4.59. The van der Waals surface area contributed by atoms with Crippen molar-refractivity contribution >= 4 is 17.6 Å². The predicted octanol–water partition coefficient (Wildman–Crippen LogP) is 3.87. The van der Waals surface area contributed by atoms with Gasteiger partial charge in [0.1, 0.15) is 5.60 Å². The molecule has 0 unspecified atom stereocenters. The Labute approximate surface area is 125 Å². The van der Waals surface area contributed by atoms with Crippen LogP contribution in [0, 0.1) is 13.8 Å². The minimum Gasteiger partial charge on any atom is -0.444 e. The van der Waals surface area contributed by atoms with Gasteiger partial charge < -0.3 is 9.64 Å². The molecular formula is C15H24N2O2S. The normalized spacial score (nSPS) is 17.4. The number of rotatable bonds is 1. The van der Waals surface area contributed by atoms with Crippen LogP contribution in [0.3, 0.4) is 0 Å². The van der Waals surface area contributed by atoms with Crippen molar-refractivity contribution in [2.45, 2.75) is 59.0 Å². The minimum absolute atomic E-state index is 0.192. The maximum Gasteiger partial charge on any atom is 0.410 e. The topological polar surface area (TPSA) is 42.4 Å². The third kappa shape index (κ3) is 3.51. The lowest BCUT2D eigenvalue weighted by atomic mass is 9.91. The summed E-state index contributed by atoms with van der Waals surface area (Å²) in [7, 11) is 0. The van der Waals surface area contributed by atoms with Crippen LogP contribution in [0.15, 0.2) is 0 Å². The first-order valence-corrected chi connectivity index (χ1v) is 7.96. The Balaban J connectivity index is 1.93. The molecule has 112 valence electrons. The summed E-state index contributed by atoms with van der Waals surface area (Å²) in [6.45, 7) is 11.5. The van der Waals surface area contributed by atoms with E-state index in [1.54, 1.807) is 11.5 Å². The van der Waals surface area contributed by atoms with Gasteiger partial charge in [0.15, 0.2) is 0 Å². The molecule has 0 saturated carbocycles. The zero-order valence-corrected chi connectivity index (χ0v) is 13.8. The van der Waals surface area contributed by atoms with E-state index in [1.165, 1.54) is 16.1 Å². The van der Waals surface area contributed by atoms with Crippen molar-refractivity contribution in [2.24, 2.45) is 0 Å². The molecule has 0 atom stereocenters. The van der Waals surface area contributed by atoms with E-state index in [-0.39, 0.29) is 6.09 Å². The summed E-state index contributed by atoms with van der Waals surface area (Å²) in [4.78, 5) is 15.1. The lowest BCUT2D eigenvalue weighted by Crippen LogP contribution is -2.41. The lowest BCUT2D eigenvalue weighted by molar-refractivity contribution is 0.0204. The van der Waals surface area contributed by atoms with Crippen LogP contribution in [-0.2, 0) is 4.74 Å². The zero-order chi connectivity index (χ0) is 14.9. The zero-order valence-electron chi connectivity index (χ0n) is 13.0.